The standard InChI is InChI=1S/C17H22ClNO2/c1-12-6-9-19(11-15(12)20)16(21)17(7-3-8-17)13-4-2-5-14(18)10-13/h2,4-5,10,12,15,20H,3,6-9,11H2,1H3. The lowest BCUT2D eigenvalue weighted by Crippen LogP contribution is -2.55. The second kappa shape index (κ2) is 5.62. The molecule has 1 aliphatic carbocycles. The number of benzene rings is 1. The Morgan fingerprint density at radius 1 is 1.43 bits per heavy atom. The van der Waals surface area contributed by atoms with Gasteiger partial charge in [-0.25, -0.2) is 0 Å². The van der Waals surface area contributed by atoms with Crippen LogP contribution in [0.3, 0.4) is 0 Å². The van der Waals surface area contributed by atoms with E-state index >= 15 is 0 Å². The topological polar surface area (TPSA) is 40.5 Å². The second-order valence-corrected chi connectivity index (χ2v) is 6.97. The van der Waals surface area contributed by atoms with Crippen molar-refractivity contribution in [2.75, 3.05) is 13.1 Å². The van der Waals surface area contributed by atoms with E-state index in [0.717, 1.165) is 37.8 Å². The third-order valence-electron chi connectivity index (χ3n) is 5.20. The number of halogens is 1. The van der Waals surface area contributed by atoms with Crippen molar-refractivity contribution in [1.29, 1.82) is 0 Å². The third-order valence-corrected chi connectivity index (χ3v) is 5.43. The van der Waals surface area contributed by atoms with E-state index in [4.69, 9.17) is 11.6 Å². The normalized spacial score (nSPS) is 28.0. The van der Waals surface area contributed by atoms with Crippen molar-refractivity contribution in [1.82, 2.24) is 4.90 Å². The van der Waals surface area contributed by atoms with Crippen LogP contribution in [-0.2, 0) is 10.2 Å². The molecular weight excluding hydrogens is 286 g/mol. The Morgan fingerprint density at radius 2 is 2.19 bits per heavy atom. The summed E-state index contributed by atoms with van der Waals surface area (Å²) in [6.07, 6.45) is 3.31. The van der Waals surface area contributed by atoms with E-state index in [1.54, 1.807) is 0 Å². The predicted octanol–water partition coefficient (Wildman–Crippen LogP) is 2.99. The first-order valence-electron chi connectivity index (χ1n) is 7.76. The molecule has 21 heavy (non-hydrogen) atoms. The number of hydrogen-bond acceptors (Lipinski definition) is 2. The average Bonchev–Trinajstić information content (AvgIpc) is 2.40. The zero-order valence-corrected chi connectivity index (χ0v) is 13.1. The molecule has 1 N–H and O–H groups in total. The van der Waals surface area contributed by atoms with Crippen LogP contribution in [-0.4, -0.2) is 35.1 Å². The Bertz CT molecular complexity index is 541. The Hall–Kier alpha value is -1.06. The van der Waals surface area contributed by atoms with Gasteiger partial charge in [0.25, 0.3) is 0 Å². The molecule has 0 aromatic heterocycles. The molecule has 1 aliphatic heterocycles. The van der Waals surface area contributed by atoms with E-state index in [2.05, 4.69) is 0 Å². The van der Waals surface area contributed by atoms with Gasteiger partial charge in [-0.05, 0) is 42.9 Å². The molecule has 1 heterocycles. The molecule has 0 bridgehead atoms. The lowest BCUT2D eigenvalue weighted by atomic mass is 9.63. The maximum atomic E-state index is 13.0. The van der Waals surface area contributed by atoms with E-state index in [0.29, 0.717) is 11.6 Å². The molecule has 1 saturated carbocycles. The first-order chi connectivity index (χ1) is 10.0. The number of β-amino-alcohol motifs (C(OH)–C–C–N with tert-alkyl or cyclic N) is 1. The molecule has 3 nitrogen and oxygen atoms in total. The molecule has 1 saturated heterocycles. The number of likely N-dealkylation sites (tertiary alicyclic amines) is 1. The van der Waals surface area contributed by atoms with Crippen molar-refractivity contribution in [2.45, 2.75) is 44.1 Å². The molecule has 2 fully saturated rings. The zero-order chi connectivity index (χ0) is 15.0. The number of carbonyl (C=O) groups excluding carboxylic acids is 1. The van der Waals surface area contributed by atoms with Crippen LogP contribution in [0.25, 0.3) is 0 Å². The zero-order valence-electron chi connectivity index (χ0n) is 12.4. The van der Waals surface area contributed by atoms with Crippen molar-refractivity contribution in [3.05, 3.63) is 34.9 Å². The number of aliphatic hydroxyl groups is 1. The number of rotatable bonds is 2. The monoisotopic (exact) mass is 307 g/mol. The largest absolute Gasteiger partial charge is 0.391 e. The van der Waals surface area contributed by atoms with Crippen molar-refractivity contribution in [2.24, 2.45) is 5.92 Å². The van der Waals surface area contributed by atoms with Gasteiger partial charge in [-0.3, -0.25) is 4.79 Å². The quantitative estimate of drug-likeness (QED) is 0.912. The van der Waals surface area contributed by atoms with E-state index in [-0.39, 0.29) is 11.8 Å². The highest BCUT2D eigenvalue weighted by Gasteiger charge is 2.48. The van der Waals surface area contributed by atoms with Gasteiger partial charge >= 0.3 is 0 Å². The van der Waals surface area contributed by atoms with Gasteiger partial charge in [0, 0.05) is 18.1 Å². The highest BCUT2D eigenvalue weighted by molar-refractivity contribution is 6.30. The number of hydrogen-bond donors (Lipinski definition) is 1. The first-order valence-corrected chi connectivity index (χ1v) is 8.14. The number of piperidine rings is 1. The van der Waals surface area contributed by atoms with Gasteiger partial charge in [-0.1, -0.05) is 37.1 Å². The van der Waals surface area contributed by atoms with Gasteiger partial charge in [0.2, 0.25) is 5.91 Å². The smallest absolute Gasteiger partial charge is 0.233 e. The lowest BCUT2D eigenvalue weighted by Gasteiger charge is -2.46. The van der Waals surface area contributed by atoms with Gasteiger partial charge in [-0.15, -0.1) is 0 Å². The van der Waals surface area contributed by atoms with Crippen molar-refractivity contribution in [3.8, 4) is 0 Å². The first kappa shape index (κ1) is 14.9. The van der Waals surface area contributed by atoms with Crippen LogP contribution >= 0.6 is 11.6 Å². The van der Waals surface area contributed by atoms with E-state index < -0.39 is 11.5 Å². The van der Waals surface area contributed by atoms with E-state index in [9.17, 15) is 9.90 Å². The van der Waals surface area contributed by atoms with Crippen LogP contribution in [0.5, 0.6) is 0 Å². The van der Waals surface area contributed by atoms with E-state index in [1.165, 1.54) is 0 Å². The summed E-state index contributed by atoms with van der Waals surface area (Å²) in [5, 5.41) is 10.7. The molecule has 1 aromatic carbocycles. The summed E-state index contributed by atoms with van der Waals surface area (Å²) in [6, 6.07) is 7.68. The summed E-state index contributed by atoms with van der Waals surface area (Å²) >= 11 is 6.10. The second-order valence-electron chi connectivity index (χ2n) is 6.53. The maximum absolute atomic E-state index is 13.0. The Morgan fingerprint density at radius 3 is 2.76 bits per heavy atom. The van der Waals surface area contributed by atoms with Gasteiger partial charge in [0.05, 0.1) is 11.5 Å². The van der Waals surface area contributed by atoms with Crippen molar-refractivity contribution in [3.63, 3.8) is 0 Å². The van der Waals surface area contributed by atoms with E-state index in [1.807, 2.05) is 36.1 Å². The van der Waals surface area contributed by atoms with Crippen LogP contribution in [0.2, 0.25) is 5.02 Å². The van der Waals surface area contributed by atoms with Gasteiger partial charge < -0.3 is 10.0 Å². The number of aliphatic hydroxyl groups excluding tert-OH is 1. The SMILES string of the molecule is CC1CCN(C(=O)C2(c3cccc(Cl)c3)CCC2)CC1O. The van der Waals surface area contributed by atoms with Gasteiger partial charge in [-0.2, -0.15) is 0 Å². The fraction of sp³-hybridized carbons (Fsp3) is 0.588. The van der Waals surface area contributed by atoms with Crippen LogP contribution in [0.15, 0.2) is 24.3 Å². The number of amides is 1. The predicted molar refractivity (Wildman–Crippen MR) is 83.3 cm³/mol. The lowest BCUT2D eigenvalue weighted by molar-refractivity contribution is -0.145. The summed E-state index contributed by atoms with van der Waals surface area (Å²) in [4.78, 5) is 14.9. The van der Waals surface area contributed by atoms with Crippen LogP contribution in [0, 0.1) is 5.92 Å². The molecule has 1 aromatic rings. The highest BCUT2D eigenvalue weighted by atomic mass is 35.5. The Labute approximate surface area is 130 Å². The van der Waals surface area contributed by atoms with Crippen molar-refractivity contribution >= 4 is 17.5 Å². The summed E-state index contributed by atoms with van der Waals surface area (Å²) in [7, 11) is 0. The molecule has 0 radical (unpaired) electrons. The van der Waals surface area contributed by atoms with Gasteiger partial charge in [0.1, 0.15) is 0 Å². The molecule has 2 unspecified atom stereocenters. The molecule has 0 spiro atoms. The van der Waals surface area contributed by atoms with Crippen molar-refractivity contribution < 1.29 is 9.90 Å². The molecule has 3 rings (SSSR count). The minimum absolute atomic E-state index is 0.168. The van der Waals surface area contributed by atoms with Crippen LogP contribution < -0.4 is 0 Å². The molecule has 2 atom stereocenters. The Kier molecular flexibility index (Phi) is 3.98. The maximum Gasteiger partial charge on any atom is 0.233 e. The fourth-order valence-corrected chi connectivity index (χ4v) is 3.67. The Balaban J connectivity index is 1.84. The minimum atomic E-state index is -0.412. The fourth-order valence-electron chi connectivity index (χ4n) is 3.48. The molecule has 2 aliphatic rings. The van der Waals surface area contributed by atoms with Crippen LogP contribution in [0.1, 0.15) is 38.2 Å². The molecule has 114 valence electrons. The van der Waals surface area contributed by atoms with Crippen LogP contribution in [0.4, 0.5) is 0 Å². The summed E-state index contributed by atoms with van der Waals surface area (Å²) in [5.41, 5.74) is 0.616. The summed E-state index contributed by atoms with van der Waals surface area (Å²) in [5.74, 6) is 0.444. The molecule has 1 amide bonds. The molecular formula is C17H22ClNO2. The minimum Gasteiger partial charge on any atom is -0.391 e. The average molecular weight is 308 g/mol. The number of nitrogens with zero attached hydrogens (tertiary/aromatic N) is 1. The summed E-state index contributed by atoms with van der Waals surface area (Å²) < 4.78 is 0. The summed E-state index contributed by atoms with van der Waals surface area (Å²) in [6.45, 7) is 3.25. The third kappa shape index (κ3) is 2.58. The number of carbonyl (C=O) groups is 1. The molecule has 4 heteroatoms. The van der Waals surface area contributed by atoms with Gasteiger partial charge in [0.15, 0.2) is 0 Å². The highest BCUT2D eigenvalue weighted by Crippen LogP contribution is 2.46.